The van der Waals surface area contributed by atoms with Crippen LogP contribution in [0.2, 0.25) is 0 Å². The second-order valence-electron chi connectivity index (χ2n) is 3.75. The van der Waals surface area contributed by atoms with Crippen LogP contribution in [0, 0.1) is 0 Å². The molecule has 0 aromatic rings. The van der Waals surface area contributed by atoms with E-state index >= 15 is 0 Å². The van der Waals surface area contributed by atoms with Gasteiger partial charge < -0.3 is 20.8 Å². The number of aliphatic hydroxyl groups is 2. The van der Waals surface area contributed by atoms with E-state index in [-0.39, 0.29) is 13.2 Å². The number of rotatable bonds is 9. The van der Waals surface area contributed by atoms with Crippen molar-refractivity contribution in [2.24, 2.45) is 0 Å². The summed E-state index contributed by atoms with van der Waals surface area (Å²) in [4.78, 5) is 0. The third kappa shape index (κ3) is 6.32. The summed E-state index contributed by atoms with van der Waals surface area (Å²) in [5, 5.41) is 22.3. The molecular weight excluding hydrogens is 180 g/mol. The van der Waals surface area contributed by atoms with E-state index in [1.807, 2.05) is 0 Å². The molecule has 0 unspecified atom stereocenters. The van der Waals surface area contributed by atoms with Crippen molar-refractivity contribution in [2.45, 2.75) is 38.8 Å². The number of hydrogen-bond donors (Lipinski definition) is 4. The van der Waals surface area contributed by atoms with Gasteiger partial charge in [0.1, 0.15) is 25.2 Å². The summed E-state index contributed by atoms with van der Waals surface area (Å²) in [5.74, 6) is 0. The van der Waals surface area contributed by atoms with Crippen LogP contribution in [0.25, 0.3) is 0 Å². The maximum atomic E-state index is 8.95. The molecule has 14 heavy (non-hydrogen) atoms. The molecule has 86 valence electrons. The highest BCUT2D eigenvalue weighted by Crippen LogP contribution is 1.80. The fourth-order valence-corrected chi connectivity index (χ4v) is 1.40. The van der Waals surface area contributed by atoms with Gasteiger partial charge in [-0.25, -0.2) is 0 Å². The van der Waals surface area contributed by atoms with Crippen molar-refractivity contribution < 1.29 is 20.8 Å². The molecule has 0 saturated heterocycles. The molecule has 0 aromatic heterocycles. The molecule has 6 N–H and O–H groups in total. The Morgan fingerprint density at radius 1 is 0.857 bits per heavy atom. The maximum absolute atomic E-state index is 8.95. The Hall–Kier alpha value is -0.160. The molecule has 4 heteroatoms. The first-order valence-electron chi connectivity index (χ1n) is 5.66. The third-order valence-corrected chi connectivity index (χ3v) is 2.68. The van der Waals surface area contributed by atoms with Crippen molar-refractivity contribution in [2.75, 3.05) is 26.3 Å². The van der Waals surface area contributed by atoms with Crippen molar-refractivity contribution in [3.05, 3.63) is 0 Å². The predicted octanol–water partition coefficient (Wildman–Crippen LogP) is -2.34. The summed E-state index contributed by atoms with van der Waals surface area (Å²) >= 11 is 0. The molecular formula is C10H26N2O2+2. The van der Waals surface area contributed by atoms with Crippen LogP contribution in [0.3, 0.4) is 0 Å². The summed E-state index contributed by atoms with van der Waals surface area (Å²) < 4.78 is 0. The molecule has 0 heterocycles. The second kappa shape index (κ2) is 9.40. The van der Waals surface area contributed by atoms with Crippen molar-refractivity contribution >= 4 is 0 Å². The molecule has 0 saturated carbocycles. The highest BCUT2D eigenvalue weighted by molar-refractivity contribution is 4.46. The van der Waals surface area contributed by atoms with Crippen LogP contribution < -0.4 is 10.6 Å². The lowest BCUT2D eigenvalue weighted by molar-refractivity contribution is -0.755. The van der Waals surface area contributed by atoms with E-state index in [2.05, 4.69) is 24.5 Å². The topological polar surface area (TPSA) is 73.7 Å². The number of aliphatic hydroxyl groups excluding tert-OH is 2. The summed E-state index contributed by atoms with van der Waals surface area (Å²) in [5.41, 5.74) is 0. The van der Waals surface area contributed by atoms with Gasteiger partial charge >= 0.3 is 0 Å². The van der Waals surface area contributed by atoms with Gasteiger partial charge in [0, 0.05) is 0 Å². The lowest BCUT2D eigenvalue weighted by Gasteiger charge is -2.12. The van der Waals surface area contributed by atoms with Gasteiger partial charge in [-0.05, 0) is 12.8 Å². The zero-order valence-corrected chi connectivity index (χ0v) is 9.45. The van der Waals surface area contributed by atoms with Gasteiger partial charge in [-0.3, -0.25) is 0 Å². The molecule has 0 fully saturated rings. The first-order valence-corrected chi connectivity index (χ1v) is 5.66. The first kappa shape index (κ1) is 13.8. The second-order valence-corrected chi connectivity index (χ2v) is 3.75. The lowest BCUT2D eigenvalue weighted by atomic mass is 10.2. The Bertz CT molecular complexity index is 101. The van der Waals surface area contributed by atoms with Gasteiger partial charge in [0.15, 0.2) is 0 Å². The minimum atomic E-state index is 0.258. The fourth-order valence-electron chi connectivity index (χ4n) is 1.40. The van der Waals surface area contributed by atoms with E-state index in [9.17, 15) is 0 Å². The minimum Gasteiger partial charge on any atom is -0.390 e. The smallest absolute Gasteiger partial charge is 0.126 e. The van der Waals surface area contributed by atoms with Gasteiger partial charge in [0.25, 0.3) is 0 Å². The summed E-state index contributed by atoms with van der Waals surface area (Å²) in [6, 6.07) is 0.690. The molecule has 0 spiro atoms. The first-order chi connectivity index (χ1) is 6.78. The van der Waals surface area contributed by atoms with Crippen LogP contribution in [-0.2, 0) is 0 Å². The SMILES string of the molecule is CC[C@@H](CO)[NH2+]CC[NH2+][C@@H](CC)CO. The van der Waals surface area contributed by atoms with Crippen LogP contribution in [-0.4, -0.2) is 48.6 Å². The van der Waals surface area contributed by atoms with E-state index in [0.717, 1.165) is 25.9 Å². The van der Waals surface area contributed by atoms with Crippen LogP contribution in [0.1, 0.15) is 26.7 Å². The molecule has 0 radical (unpaired) electrons. The molecule has 0 bridgehead atoms. The minimum absolute atomic E-state index is 0.258. The van der Waals surface area contributed by atoms with Crippen molar-refractivity contribution in [3.8, 4) is 0 Å². The van der Waals surface area contributed by atoms with Crippen LogP contribution in [0.4, 0.5) is 0 Å². The zero-order valence-electron chi connectivity index (χ0n) is 9.45. The van der Waals surface area contributed by atoms with Gasteiger partial charge in [-0.1, -0.05) is 13.8 Å². The molecule has 0 aliphatic rings. The Labute approximate surface area is 86.7 Å². The lowest BCUT2D eigenvalue weighted by Crippen LogP contribution is -3.00. The zero-order chi connectivity index (χ0) is 10.8. The van der Waals surface area contributed by atoms with Gasteiger partial charge in [-0.2, -0.15) is 0 Å². The Balaban J connectivity index is 3.35. The molecule has 0 rings (SSSR count). The fraction of sp³-hybridized carbons (Fsp3) is 1.00. The molecule has 4 nitrogen and oxygen atoms in total. The van der Waals surface area contributed by atoms with Crippen LogP contribution in [0.15, 0.2) is 0 Å². The van der Waals surface area contributed by atoms with E-state index in [4.69, 9.17) is 10.2 Å². The average molecular weight is 206 g/mol. The molecule has 0 aliphatic heterocycles. The molecule has 0 aromatic carbocycles. The monoisotopic (exact) mass is 206 g/mol. The predicted molar refractivity (Wildman–Crippen MR) is 55.9 cm³/mol. The normalized spacial score (nSPS) is 15.4. The molecule has 0 aliphatic carbocycles. The number of hydrogen-bond acceptors (Lipinski definition) is 2. The summed E-state index contributed by atoms with van der Waals surface area (Å²) in [6.45, 7) is 6.71. The standard InChI is InChI=1S/C10H24N2O2/c1-3-9(7-13)11-5-6-12-10(4-2)8-14/h9-14H,3-8H2,1-2H3/p+2/t9-,10-/m0/s1. The summed E-state index contributed by atoms with van der Waals surface area (Å²) in [6.07, 6.45) is 2.02. The Morgan fingerprint density at radius 3 is 1.43 bits per heavy atom. The van der Waals surface area contributed by atoms with E-state index < -0.39 is 0 Å². The van der Waals surface area contributed by atoms with E-state index in [1.165, 1.54) is 0 Å². The van der Waals surface area contributed by atoms with Crippen molar-refractivity contribution in [1.29, 1.82) is 0 Å². The van der Waals surface area contributed by atoms with E-state index in [1.54, 1.807) is 0 Å². The van der Waals surface area contributed by atoms with Crippen molar-refractivity contribution in [1.82, 2.24) is 0 Å². The quantitative estimate of drug-likeness (QED) is 0.319. The Morgan fingerprint density at radius 2 is 1.21 bits per heavy atom. The Kier molecular flexibility index (Phi) is 9.29. The van der Waals surface area contributed by atoms with Gasteiger partial charge in [0.05, 0.1) is 13.2 Å². The largest absolute Gasteiger partial charge is 0.390 e. The van der Waals surface area contributed by atoms with Gasteiger partial charge in [0.2, 0.25) is 0 Å². The van der Waals surface area contributed by atoms with Gasteiger partial charge in [-0.15, -0.1) is 0 Å². The molecule has 0 amide bonds. The summed E-state index contributed by atoms with van der Waals surface area (Å²) in [7, 11) is 0. The highest BCUT2D eigenvalue weighted by Gasteiger charge is 2.09. The maximum Gasteiger partial charge on any atom is 0.126 e. The molecule has 2 atom stereocenters. The number of quaternary nitrogens is 2. The van der Waals surface area contributed by atoms with Crippen LogP contribution >= 0.6 is 0 Å². The third-order valence-electron chi connectivity index (χ3n) is 2.68. The van der Waals surface area contributed by atoms with E-state index in [0.29, 0.717) is 12.1 Å². The highest BCUT2D eigenvalue weighted by atomic mass is 16.3. The van der Waals surface area contributed by atoms with Crippen LogP contribution in [0.5, 0.6) is 0 Å². The van der Waals surface area contributed by atoms with Crippen molar-refractivity contribution in [3.63, 3.8) is 0 Å². The number of nitrogens with two attached hydrogens (primary N) is 2. The average Bonchev–Trinajstić information content (AvgIpc) is 2.24.